The van der Waals surface area contributed by atoms with E-state index >= 15 is 0 Å². The van der Waals surface area contributed by atoms with E-state index in [1.54, 1.807) is 18.3 Å². The lowest BCUT2D eigenvalue weighted by atomic mass is 9.85. The zero-order valence-corrected chi connectivity index (χ0v) is 29.4. The summed E-state index contributed by atoms with van der Waals surface area (Å²) in [4.78, 5) is 15.9. The Bertz CT molecular complexity index is 1260. The van der Waals surface area contributed by atoms with Crippen LogP contribution in [0.5, 0.6) is 5.75 Å². The summed E-state index contributed by atoms with van der Waals surface area (Å²) in [7, 11) is 0. The number of aromatic nitrogens is 1. The van der Waals surface area contributed by atoms with Gasteiger partial charge in [-0.25, -0.2) is 0 Å². The molecule has 0 radical (unpaired) electrons. The number of rotatable bonds is 20. The third-order valence-electron chi connectivity index (χ3n) is 8.42. The monoisotopic (exact) mass is 619 g/mol. The van der Waals surface area contributed by atoms with Crippen molar-refractivity contribution in [2.45, 2.75) is 137 Å². The first-order chi connectivity index (χ1) is 21.2. The van der Waals surface area contributed by atoms with Gasteiger partial charge in [-0.15, -0.1) is 0 Å². The molecule has 44 heavy (non-hydrogen) atoms. The molecule has 1 amide bonds. The van der Waals surface area contributed by atoms with Crippen molar-refractivity contribution in [2.75, 3.05) is 18.1 Å². The average Bonchev–Trinajstić information content (AvgIpc) is 3.39. The molecular formula is C39H59N2O2S+. The van der Waals surface area contributed by atoms with Crippen LogP contribution in [0.3, 0.4) is 0 Å². The first kappa shape index (κ1) is 35.8. The molecule has 0 N–H and O–H groups in total. The lowest BCUT2D eigenvalue weighted by Gasteiger charge is -2.25. The van der Waals surface area contributed by atoms with Crippen LogP contribution in [0.2, 0.25) is 0 Å². The Kier molecular flexibility index (Phi) is 15.5. The molecule has 0 saturated carbocycles. The van der Waals surface area contributed by atoms with Gasteiger partial charge in [0, 0.05) is 24.7 Å². The van der Waals surface area contributed by atoms with Crippen LogP contribution in [0.15, 0.2) is 54.2 Å². The second kappa shape index (κ2) is 19.0. The lowest BCUT2D eigenvalue weighted by molar-refractivity contribution is -0.683. The summed E-state index contributed by atoms with van der Waals surface area (Å²) in [5.41, 5.74) is 6.75. The van der Waals surface area contributed by atoms with Crippen LogP contribution in [0, 0.1) is 6.92 Å². The molecule has 4 nitrogen and oxygen atoms in total. The Morgan fingerprint density at radius 1 is 0.864 bits per heavy atom. The van der Waals surface area contributed by atoms with E-state index < -0.39 is 0 Å². The Morgan fingerprint density at radius 2 is 1.52 bits per heavy atom. The van der Waals surface area contributed by atoms with E-state index in [0.717, 1.165) is 37.4 Å². The van der Waals surface area contributed by atoms with Gasteiger partial charge in [0.15, 0.2) is 12.7 Å². The summed E-state index contributed by atoms with van der Waals surface area (Å²) in [6.07, 6.45) is 19.1. The minimum atomic E-state index is 0.00919. The number of carbonyl (C=O) groups excluding carboxylic acids is 1. The van der Waals surface area contributed by atoms with Gasteiger partial charge < -0.3 is 9.64 Å². The van der Waals surface area contributed by atoms with Gasteiger partial charge in [0.05, 0.1) is 11.5 Å². The number of anilines is 1. The number of nitrogens with zero attached hydrogens (tertiary/aromatic N) is 2. The van der Waals surface area contributed by atoms with Crippen LogP contribution >= 0.6 is 11.3 Å². The van der Waals surface area contributed by atoms with Crippen LogP contribution < -0.4 is 14.2 Å². The predicted molar refractivity (Wildman–Crippen MR) is 188 cm³/mol. The van der Waals surface area contributed by atoms with Crippen LogP contribution in [0.4, 0.5) is 5.69 Å². The standard InChI is InChI=1S/C39H59N2O2S/c1-7-8-9-10-11-12-13-14-15-16-17-18-26-43-38-28-34(22-23-37(38)39(4,5)6)24-25-41(33(3)42)36-21-19-20-35(27-36)30-40-29-32(2)44-31-40/h19-23,27-29,31H,7-18,24-26,30H2,1-6H3/q+1. The number of aryl methyl sites for hydroxylation is 1. The van der Waals surface area contributed by atoms with Crippen LogP contribution in [-0.2, 0) is 23.2 Å². The summed E-state index contributed by atoms with van der Waals surface area (Å²) in [5.74, 6) is 1.06. The molecule has 3 aromatic rings. The number of hydrogen-bond donors (Lipinski definition) is 0. The van der Waals surface area contributed by atoms with Crippen molar-refractivity contribution in [3.8, 4) is 5.75 Å². The van der Waals surface area contributed by atoms with E-state index in [0.29, 0.717) is 6.54 Å². The number of hydrogen-bond acceptors (Lipinski definition) is 3. The summed E-state index contributed by atoms with van der Waals surface area (Å²) < 4.78 is 8.63. The minimum Gasteiger partial charge on any atom is -0.493 e. The van der Waals surface area contributed by atoms with Gasteiger partial charge >= 0.3 is 0 Å². The highest BCUT2D eigenvalue weighted by Gasteiger charge is 2.20. The van der Waals surface area contributed by atoms with Crippen molar-refractivity contribution in [3.63, 3.8) is 0 Å². The lowest BCUT2D eigenvalue weighted by Crippen LogP contribution is -2.32. The fraction of sp³-hybridized carbons (Fsp3) is 0.590. The van der Waals surface area contributed by atoms with Gasteiger partial charge in [-0.05, 0) is 54.5 Å². The first-order valence-corrected chi connectivity index (χ1v) is 18.1. The molecule has 0 saturated heterocycles. The summed E-state index contributed by atoms with van der Waals surface area (Å²) >= 11 is 1.75. The van der Waals surface area contributed by atoms with E-state index in [9.17, 15) is 4.79 Å². The molecular weight excluding hydrogens is 561 g/mol. The number of amides is 1. The topological polar surface area (TPSA) is 33.4 Å². The molecule has 0 spiro atoms. The third kappa shape index (κ3) is 12.8. The number of thiazole rings is 1. The highest BCUT2D eigenvalue weighted by molar-refractivity contribution is 7.09. The highest BCUT2D eigenvalue weighted by atomic mass is 32.1. The minimum absolute atomic E-state index is 0.00919. The van der Waals surface area contributed by atoms with E-state index in [1.165, 1.54) is 92.2 Å². The van der Waals surface area contributed by atoms with Crippen molar-refractivity contribution >= 4 is 22.9 Å². The van der Waals surface area contributed by atoms with E-state index in [1.807, 2.05) is 11.0 Å². The molecule has 0 unspecified atom stereocenters. The van der Waals surface area contributed by atoms with Gasteiger partial charge in [-0.1, -0.05) is 134 Å². The van der Waals surface area contributed by atoms with E-state index in [4.69, 9.17) is 4.74 Å². The normalized spacial score (nSPS) is 11.6. The third-order valence-corrected chi connectivity index (χ3v) is 9.28. The number of ether oxygens (including phenoxy) is 1. The molecule has 0 fully saturated rings. The van der Waals surface area contributed by atoms with Gasteiger partial charge in [0.2, 0.25) is 11.4 Å². The molecule has 0 bridgehead atoms. The highest BCUT2D eigenvalue weighted by Crippen LogP contribution is 2.33. The molecule has 5 heteroatoms. The second-order valence-electron chi connectivity index (χ2n) is 13.5. The van der Waals surface area contributed by atoms with E-state index in [-0.39, 0.29) is 11.3 Å². The zero-order chi connectivity index (χ0) is 31.8. The maximum atomic E-state index is 12.7. The van der Waals surface area contributed by atoms with Crippen molar-refractivity contribution in [1.82, 2.24) is 0 Å². The quantitative estimate of drug-likeness (QED) is 0.0931. The van der Waals surface area contributed by atoms with Gasteiger partial charge in [-0.3, -0.25) is 4.79 Å². The SMILES string of the molecule is CCCCCCCCCCCCCCOc1cc(CCN(C(C)=O)c2cccc(C[n+]3csc(C)c3)c2)ccc1C(C)(C)C. The Labute approximate surface area is 272 Å². The molecule has 0 aliphatic carbocycles. The zero-order valence-electron chi connectivity index (χ0n) is 28.6. The van der Waals surface area contributed by atoms with Crippen LogP contribution in [0.1, 0.15) is 133 Å². The molecule has 0 aliphatic rings. The van der Waals surface area contributed by atoms with Gasteiger partial charge in [0.25, 0.3) is 0 Å². The van der Waals surface area contributed by atoms with Crippen molar-refractivity contribution in [3.05, 3.63) is 75.7 Å². The Balaban J connectivity index is 1.50. The molecule has 0 atom stereocenters. The largest absolute Gasteiger partial charge is 0.493 e. The maximum absolute atomic E-state index is 12.7. The first-order valence-electron chi connectivity index (χ1n) is 17.2. The molecule has 242 valence electrons. The van der Waals surface area contributed by atoms with Crippen LogP contribution in [0.25, 0.3) is 0 Å². The van der Waals surface area contributed by atoms with Crippen molar-refractivity contribution in [2.24, 2.45) is 0 Å². The molecule has 3 rings (SSSR count). The van der Waals surface area contributed by atoms with Gasteiger partial charge in [0.1, 0.15) is 5.75 Å². The maximum Gasteiger partial charge on any atom is 0.225 e. The fourth-order valence-electron chi connectivity index (χ4n) is 5.86. The predicted octanol–water partition coefficient (Wildman–Crippen LogP) is 10.4. The molecule has 1 heterocycles. The van der Waals surface area contributed by atoms with Crippen molar-refractivity contribution < 1.29 is 14.1 Å². The molecule has 1 aromatic heterocycles. The Morgan fingerprint density at radius 3 is 2.11 bits per heavy atom. The average molecular weight is 620 g/mol. The summed E-state index contributed by atoms with van der Waals surface area (Å²) in [6, 6.07) is 15.0. The Hall–Kier alpha value is -2.66. The number of carbonyl (C=O) groups is 1. The number of unbranched alkanes of at least 4 members (excludes halogenated alkanes) is 11. The van der Waals surface area contributed by atoms with Crippen LogP contribution in [-0.4, -0.2) is 19.1 Å². The van der Waals surface area contributed by atoms with Gasteiger partial charge in [-0.2, -0.15) is 4.57 Å². The second-order valence-corrected chi connectivity index (χ2v) is 14.6. The summed E-state index contributed by atoms with van der Waals surface area (Å²) in [5, 5.41) is 0. The molecule has 2 aromatic carbocycles. The van der Waals surface area contributed by atoms with E-state index in [2.05, 4.69) is 87.3 Å². The summed E-state index contributed by atoms with van der Waals surface area (Å²) in [6.45, 7) is 15.0. The van der Waals surface area contributed by atoms with Crippen molar-refractivity contribution in [1.29, 1.82) is 0 Å². The fourth-order valence-corrected chi connectivity index (χ4v) is 6.49. The smallest absolute Gasteiger partial charge is 0.225 e. The molecule has 0 aliphatic heterocycles. The number of benzene rings is 2.